The van der Waals surface area contributed by atoms with E-state index in [0.29, 0.717) is 64.3 Å². The highest BCUT2D eigenvalue weighted by Gasteiger charge is 2.35. The predicted molar refractivity (Wildman–Crippen MR) is 191 cm³/mol. The highest BCUT2D eigenvalue weighted by Crippen LogP contribution is 2.40. The fraction of sp³-hybridized carbons (Fsp3) is 0.333. The minimum Gasteiger partial charge on any atom is -0.490 e. The highest BCUT2D eigenvalue weighted by molar-refractivity contribution is 7.98. The number of hydrogen-bond donors (Lipinski definition) is 2. The molecule has 0 fully saturated rings. The second kappa shape index (κ2) is 15.6. The van der Waals surface area contributed by atoms with Crippen molar-refractivity contribution in [2.75, 3.05) is 36.9 Å². The fourth-order valence-corrected chi connectivity index (χ4v) is 6.63. The fourth-order valence-electron chi connectivity index (χ4n) is 5.52. The molecule has 4 aromatic rings. The number of benzene rings is 3. The van der Waals surface area contributed by atoms with Crippen LogP contribution < -0.4 is 20.1 Å². The molecule has 0 saturated carbocycles. The lowest BCUT2D eigenvalue weighted by molar-refractivity contribution is -0.133. The van der Waals surface area contributed by atoms with Crippen molar-refractivity contribution in [3.63, 3.8) is 0 Å². The third-order valence-corrected chi connectivity index (χ3v) is 9.55. The normalized spacial score (nSPS) is 13.9. The van der Waals surface area contributed by atoms with Crippen molar-refractivity contribution in [2.45, 2.75) is 58.5 Å². The summed E-state index contributed by atoms with van der Waals surface area (Å²) in [5.74, 6) is 1.60. The van der Waals surface area contributed by atoms with Crippen molar-refractivity contribution >= 4 is 46.8 Å². The first-order chi connectivity index (χ1) is 23.1. The van der Waals surface area contributed by atoms with E-state index >= 15 is 0 Å². The monoisotopic (exact) mass is 688 g/mol. The topological polar surface area (TPSA) is 111 Å². The van der Waals surface area contributed by atoms with Gasteiger partial charge in [-0.25, -0.2) is 4.68 Å². The number of fused-ring (bicyclic) bond motifs is 1. The molecule has 0 saturated heterocycles. The van der Waals surface area contributed by atoms with Gasteiger partial charge in [0, 0.05) is 35.2 Å². The molecule has 12 heteroatoms. The lowest BCUT2D eigenvalue weighted by atomic mass is 9.94. The van der Waals surface area contributed by atoms with Crippen LogP contribution in [0.15, 0.2) is 77.1 Å². The summed E-state index contributed by atoms with van der Waals surface area (Å²) in [5, 5.41) is 12.5. The molecular weight excluding hydrogens is 648 g/mol. The van der Waals surface area contributed by atoms with E-state index in [2.05, 4.69) is 10.6 Å². The Morgan fingerprint density at radius 2 is 1.77 bits per heavy atom. The number of nitrogens with one attached hydrogen (secondary N) is 2. The first-order valence-electron chi connectivity index (χ1n) is 16.0. The number of anilines is 2. The number of aryl methyl sites for hydroxylation is 1. The average molecular weight is 689 g/mol. The van der Waals surface area contributed by atoms with Gasteiger partial charge in [-0.3, -0.25) is 9.59 Å². The number of allylic oxidation sites excluding steroid dienone is 1. The van der Waals surface area contributed by atoms with Crippen LogP contribution in [0.3, 0.4) is 0 Å². The zero-order chi connectivity index (χ0) is 34.4. The summed E-state index contributed by atoms with van der Waals surface area (Å²) in [7, 11) is 0. The van der Waals surface area contributed by atoms with E-state index in [1.165, 1.54) is 11.8 Å². The summed E-state index contributed by atoms with van der Waals surface area (Å²) < 4.78 is 13.7. The van der Waals surface area contributed by atoms with Crippen LogP contribution in [0.25, 0.3) is 0 Å². The van der Waals surface area contributed by atoms with Gasteiger partial charge in [-0.05, 0) is 88.1 Å². The van der Waals surface area contributed by atoms with Gasteiger partial charge in [-0.2, -0.15) is 4.98 Å². The molecule has 1 aromatic heterocycles. The van der Waals surface area contributed by atoms with Gasteiger partial charge in [-0.15, -0.1) is 5.10 Å². The number of thioether (sulfide) groups is 1. The van der Waals surface area contributed by atoms with Crippen LogP contribution in [0.2, 0.25) is 5.02 Å². The molecule has 1 unspecified atom stereocenters. The van der Waals surface area contributed by atoms with Gasteiger partial charge in [0.15, 0.2) is 18.1 Å². The molecule has 1 aliphatic rings. The van der Waals surface area contributed by atoms with Gasteiger partial charge >= 0.3 is 0 Å². The molecule has 0 spiro atoms. The number of amides is 2. The van der Waals surface area contributed by atoms with E-state index in [-0.39, 0.29) is 18.4 Å². The van der Waals surface area contributed by atoms with Gasteiger partial charge in [-0.1, -0.05) is 59.8 Å². The SMILES string of the molecule is CCOc1cc(C2C(C(=O)Nc3cccc(C)c3C)=C(C)Nc3nc(SCc4ccccc4Cl)nn32)ccc1OCC(=O)N(CC)CC. The summed E-state index contributed by atoms with van der Waals surface area (Å²) in [4.78, 5) is 33.4. The lowest BCUT2D eigenvalue weighted by Gasteiger charge is -2.29. The highest BCUT2D eigenvalue weighted by atomic mass is 35.5. The third-order valence-electron chi connectivity index (χ3n) is 8.30. The van der Waals surface area contributed by atoms with Crippen molar-refractivity contribution in [3.05, 3.63) is 99.2 Å². The number of ether oxygens (including phenoxy) is 2. The van der Waals surface area contributed by atoms with Crippen molar-refractivity contribution in [2.24, 2.45) is 0 Å². The number of hydrogen-bond acceptors (Lipinski definition) is 8. The zero-order valence-corrected chi connectivity index (χ0v) is 29.7. The lowest BCUT2D eigenvalue weighted by Crippen LogP contribution is -2.34. The molecule has 0 bridgehead atoms. The summed E-state index contributed by atoms with van der Waals surface area (Å²) in [6.45, 7) is 13.1. The summed E-state index contributed by atoms with van der Waals surface area (Å²) >= 11 is 7.87. The van der Waals surface area contributed by atoms with Gasteiger partial charge in [0.2, 0.25) is 11.1 Å². The van der Waals surface area contributed by atoms with Crippen LogP contribution in [-0.2, 0) is 15.3 Å². The Morgan fingerprint density at radius 1 is 1.00 bits per heavy atom. The minimum atomic E-state index is -0.654. The average Bonchev–Trinajstić information content (AvgIpc) is 3.48. The Balaban J connectivity index is 1.53. The second-order valence-corrected chi connectivity index (χ2v) is 12.7. The van der Waals surface area contributed by atoms with Gasteiger partial charge in [0.1, 0.15) is 6.04 Å². The first-order valence-corrected chi connectivity index (χ1v) is 17.4. The molecule has 5 rings (SSSR count). The Kier molecular flexibility index (Phi) is 11.3. The van der Waals surface area contributed by atoms with E-state index in [4.69, 9.17) is 31.2 Å². The Morgan fingerprint density at radius 3 is 2.50 bits per heavy atom. The van der Waals surface area contributed by atoms with E-state index < -0.39 is 6.04 Å². The van der Waals surface area contributed by atoms with E-state index in [9.17, 15) is 9.59 Å². The molecule has 10 nitrogen and oxygen atoms in total. The summed E-state index contributed by atoms with van der Waals surface area (Å²) in [6.07, 6.45) is 0. The smallest absolute Gasteiger partial charge is 0.260 e. The van der Waals surface area contributed by atoms with Crippen LogP contribution in [0, 0.1) is 13.8 Å². The van der Waals surface area contributed by atoms with Crippen molar-refractivity contribution in [1.82, 2.24) is 19.7 Å². The number of carbonyl (C=O) groups excluding carboxylic acids is 2. The maximum absolute atomic E-state index is 14.2. The quantitative estimate of drug-likeness (QED) is 0.140. The van der Waals surface area contributed by atoms with E-state index in [1.807, 2.05) is 96.1 Å². The van der Waals surface area contributed by atoms with Crippen LogP contribution in [-0.4, -0.2) is 57.8 Å². The number of rotatable bonds is 13. The summed E-state index contributed by atoms with van der Waals surface area (Å²) in [6, 6.07) is 18.3. The van der Waals surface area contributed by atoms with Gasteiger partial charge in [0.25, 0.3) is 11.8 Å². The largest absolute Gasteiger partial charge is 0.490 e. The van der Waals surface area contributed by atoms with Crippen LogP contribution in [0.5, 0.6) is 11.5 Å². The number of aromatic nitrogens is 3. The number of halogens is 1. The Bertz CT molecular complexity index is 1840. The Hall–Kier alpha value is -4.48. The number of likely N-dealkylation sites (N-methyl/N-ethyl adjacent to an activating group) is 1. The molecule has 252 valence electrons. The molecule has 3 aromatic carbocycles. The second-order valence-electron chi connectivity index (χ2n) is 11.3. The van der Waals surface area contributed by atoms with Crippen molar-refractivity contribution in [1.29, 1.82) is 0 Å². The maximum Gasteiger partial charge on any atom is 0.260 e. The van der Waals surface area contributed by atoms with E-state index in [0.717, 1.165) is 27.9 Å². The van der Waals surface area contributed by atoms with Crippen LogP contribution in [0.1, 0.15) is 56.0 Å². The minimum absolute atomic E-state index is 0.108. The van der Waals surface area contributed by atoms with E-state index in [1.54, 1.807) is 15.6 Å². The third kappa shape index (κ3) is 7.63. The van der Waals surface area contributed by atoms with Gasteiger partial charge < -0.3 is 25.0 Å². The molecule has 2 amide bonds. The van der Waals surface area contributed by atoms with Crippen LogP contribution >= 0.6 is 23.4 Å². The predicted octanol–water partition coefficient (Wildman–Crippen LogP) is 7.41. The molecule has 0 radical (unpaired) electrons. The van der Waals surface area contributed by atoms with Crippen molar-refractivity contribution in [3.8, 4) is 11.5 Å². The molecule has 48 heavy (non-hydrogen) atoms. The standard InChI is InChI=1S/C36H41ClN6O4S/c1-7-42(8-2)31(44)20-47-29-18-17-25(19-30(29)46-9-3)33-32(34(45)39-28-16-12-13-22(4)23(28)5)24(6)38-35-40-36(41-43(33)35)48-21-26-14-10-11-15-27(26)37/h10-19,33H,7-9,20-21H2,1-6H3,(H,39,45)(H,38,40,41). The Labute approximate surface area is 290 Å². The van der Waals surface area contributed by atoms with Crippen molar-refractivity contribution < 1.29 is 19.1 Å². The van der Waals surface area contributed by atoms with Crippen LogP contribution in [0.4, 0.5) is 11.6 Å². The van der Waals surface area contributed by atoms with Gasteiger partial charge in [0.05, 0.1) is 12.2 Å². The molecule has 1 aliphatic heterocycles. The number of nitrogens with zero attached hydrogens (tertiary/aromatic N) is 4. The number of carbonyl (C=O) groups is 2. The first kappa shape index (κ1) is 34.8. The molecule has 1 atom stereocenters. The maximum atomic E-state index is 14.2. The molecule has 2 heterocycles. The molecular formula is C36H41ClN6O4S. The molecule has 2 N–H and O–H groups in total. The molecule has 0 aliphatic carbocycles. The summed E-state index contributed by atoms with van der Waals surface area (Å²) in [5.41, 5.74) is 5.63. The zero-order valence-electron chi connectivity index (χ0n) is 28.1.